The highest BCUT2D eigenvalue weighted by Crippen LogP contribution is 2.39. The number of hydrogen-bond donors (Lipinski definition) is 4. The molecule has 142 valence electrons. The van der Waals surface area contributed by atoms with E-state index < -0.39 is 30.6 Å². The lowest BCUT2D eigenvalue weighted by molar-refractivity contribution is -0.0848. The van der Waals surface area contributed by atoms with Crippen molar-refractivity contribution in [3.8, 4) is 5.75 Å². The molecule has 1 aliphatic heterocycles. The van der Waals surface area contributed by atoms with Crippen molar-refractivity contribution in [2.24, 2.45) is 0 Å². The molecule has 2 aromatic heterocycles. The predicted molar refractivity (Wildman–Crippen MR) is 96.5 cm³/mol. The molecule has 0 bridgehead atoms. The summed E-state index contributed by atoms with van der Waals surface area (Å²) in [6, 6.07) is 5.87. The maximum Gasteiger partial charge on any atom is 0.164 e. The second-order valence-corrected chi connectivity index (χ2v) is 7.02. The van der Waals surface area contributed by atoms with Gasteiger partial charge in [-0.2, -0.15) is 0 Å². The summed E-state index contributed by atoms with van der Waals surface area (Å²) in [5, 5.41) is 42.1. The predicted octanol–water partition coefficient (Wildman–Crippen LogP) is 1.80. The molecule has 1 aliphatic rings. The largest absolute Gasteiger partial charge is 0.506 e. The molecule has 0 aliphatic carbocycles. The summed E-state index contributed by atoms with van der Waals surface area (Å²) in [5.41, 5.74) is 0.710. The summed E-state index contributed by atoms with van der Waals surface area (Å²) in [4.78, 5) is 8.03. The Morgan fingerprint density at radius 2 is 1.89 bits per heavy atom. The van der Waals surface area contributed by atoms with E-state index in [0.717, 1.165) is 0 Å². The normalized spacial score (nSPS) is 26.6. The van der Waals surface area contributed by atoms with Crippen LogP contribution in [0.4, 0.5) is 0 Å². The minimum absolute atomic E-state index is 0.132. The van der Waals surface area contributed by atoms with E-state index in [0.29, 0.717) is 11.0 Å². The Morgan fingerprint density at radius 3 is 2.63 bits per heavy atom. The van der Waals surface area contributed by atoms with Crippen LogP contribution in [0.1, 0.15) is 17.9 Å². The molecular formula is C17H15Cl2N3O5. The van der Waals surface area contributed by atoms with Crippen molar-refractivity contribution in [2.75, 3.05) is 0 Å². The molecule has 3 heterocycles. The zero-order valence-corrected chi connectivity index (χ0v) is 15.2. The quantitative estimate of drug-likeness (QED) is 0.484. The van der Waals surface area contributed by atoms with Gasteiger partial charge in [-0.05, 0) is 23.8 Å². The summed E-state index contributed by atoms with van der Waals surface area (Å²) in [7, 11) is 0. The number of phenolic OH excluding ortho intramolecular Hbond substituents is 1. The van der Waals surface area contributed by atoms with Crippen molar-refractivity contribution in [2.45, 2.75) is 30.6 Å². The topological polar surface area (TPSA) is 121 Å². The molecule has 10 heteroatoms. The Balaban J connectivity index is 1.66. The lowest BCUT2D eigenvalue weighted by Gasteiger charge is -2.21. The van der Waals surface area contributed by atoms with Crippen LogP contribution >= 0.6 is 23.2 Å². The Bertz CT molecular complexity index is 998. The van der Waals surface area contributed by atoms with Gasteiger partial charge in [0.2, 0.25) is 0 Å². The molecular weight excluding hydrogens is 397 g/mol. The van der Waals surface area contributed by atoms with Crippen LogP contribution in [0, 0.1) is 0 Å². The van der Waals surface area contributed by atoms with E-state index in [1.54, 1.807) is 12.3 Å². The molecule has 0 radical (unpaired) electrons. The molecule has 0 spiro atoms. The van der Waals surface area contributed by atoms with Crippen molar-refractivity contribution in [1.82, 2.24) is 14.5 Å². The zero-order valence-electron chi connectivity index (χ0n) is 13.6. The number of nitrogens with zero attached hydrogens (tertiary/aromatic N) is 3. The fourth-order valence-electron chi connectivity index (χ4n) is 3.23. The number of aliphatic hydroxyl groups excluding tert-OH is 3. The molecule has 4 N–H and O–H groups in total. The van der Waals surface area contributed by atoms with Gasteiger partial charge in [-0.15, -0.1) is 0 Å². The first kappa shape index (κ1) is 18.4. The van der Waals surface area contributed by atoms with E-state index in [1.807, 2.05) is 0 Å². The van der Waals surface area contributed by atoms with Crippen LogP contribution in [-0.4, -0.2) is 53.3 Å². The highest BCUT2D eigenvalue weighted by Gasteiger charge is 2.47. The first-order valence-corrected chi connectivity index (χ1v) is 8.79. The Hall–Kier alpha value is -1.94. The number of rotatable bonds is 3. The molecule has 1 aromatic carbocycles. The number of aromatic hydroxyl groups is 1. The molecule has 27 heavy (non-hydrogen) atoms. The SMILES string of the molecule is Oc1cc([C@@H](O)[C@H]2O[C@@H](n3ccc4c(Cl)ncnc43)[C@H](O)[C@@H]2O)ccc1Cl. The van der Waals surface area contributed by atoms with Gasteiger partial charge in [-0.1, -0.05) is 29.3 Å². The third-order valence-electron chi connectivity index (χ3n) is 4.63. The lowest BCUT2D eigenvalue weighted by Crippen LogP contribution is -2.34. The van der Waals surface area contributed by atoms with Crippen LogP contribution in [0.2, 0.25) is 10.2 Å². The fraction of sp³-hybridized carbons (Fsp3) is 0.294. The highest BCUT2D eigenvalue weighted by atomic mass is 35.5. The molecule has 3 aromatic rings. The van der Waals surface area contributed by atoms with E-state index in [9.17, 15) is 20.4 Å². The molecule has 0 amide bonds. The van der Waals surface area contributed by atoms with Gasteiger partial charge in [0.15, 0.2) is 6.23 Å². The third kappa shape index (κ3) is 3.04. The van der Waals surface area contributed by atoms with Gasteiger partial charge in [0.05, 0.1) is 10.4 Å². The molecule has 4 rings (SSSR count). The van der Waals surface area contributed by atoms with Crippen LogP contribution in [-0.2, 0) is 4.74 Å². The summed E-state index contributed by atoms with van der Waals surface area (Å²) >= 11 is 11.8. The van der Waals surface area contributed by atoms with Gasteiger partial charge < -0.3 is 29.7 Å². The van der Waals surface area contributed by atoms with Crippen LogP contribution in [0.3, 0.4) is 0 Å². The van der Waals surface area contributed by atoms with Crippen LogP contribution in [0.15, 0.2) is 36.8 Å². The summed E-state index contributed by atoms with van der Waals surface area (Å²) in [6.45, 7) is 0. The van der Waals surface area contributed by atoms with Crippen molar-refractivity contribution in [1.29, 1.82) is 0 Å². The summed E-state index contributed by atoms with van der Waals surface area (Å²) in [5.74, 6) is -0.208. The second kappa shape index (κ2) is 6.90. The third-order valence-corrected chi connectivity index (χ3v) is 5.25. The maximum atomic E-state index is 10.6. The van der Waals surface area contributed by atoms with Crippen LogP contribution in [0.25, 0.3) is 11.0 Å². The molecule has 0 saturated carbocycles. The van der Waals surface area contributed by atoms with Gasteiger partial charge in [0, 0.05) is 6.20 Å². The molecule has 8 nitrogen and oxygen atoms in total. The van der Waals surface area contributed by atoms with Crippen molar-refractivity contribution in [3.05, 3.63) is 52.5 Å². The Labute approximate surface area is 163 Å². The second-order valence-electron chi connectivity index (χ2n) is 6.25. The number of benzene rings is 1. The van der Waals surface area contributed by atoms with E-state index in [1.165, 1.54) is 29.1 Å². The van der Waals surface area contributed by atoms with E-state index in [4.69, 9.17) is 27.9 Å². The number of aliphatic hydroxyl groups is 3. The lowest BCUT2D eigenvalue weighted by atomic mass is 9.99. The smallest absolute Gasteiger partial charge is 0.164 e. The van der Waals surface area contributed by atoms with Crippen molar-refractivity contribution in [3.63, 3.8) is 0 Å². The van der Waals surface area contributed by atoms with Crippen LogP contribution < -0.4 is 0 Å². The van der Waals surface area contributed by atoms with Gasteiger partial charge in [0.25, 0.3) is 0 Å². The first-order valence-electron chi connectivity index (χ1n) is 8.03. The van der Waals surface area contributed by atoms with E-state index in [2.05, 4.69) is 9.97 Å². The average Bonchev–Trinajstić information content (AvgIpc) is 3.20. The van der Waals surface area contributed by atoms with Gasteiger partial charge >= 0.3 is 0 Å². The molecule has 1 fully saturated rings. The number of ether oxygens (including phenoxy) is 1. The number of halogens is 2. The number of phenols is 1. The van der Waals surface area contributed by atoms with E-state index in [-0.39, 0.29) is 21.5 Å². The fourth-order valence-corrected chi connectivity index (χ4v) is 3.53. The minimum atomic E-state index is -1.38. The number of aromatic nitrogens is 3. The number of hydrogen-bond acceptors (Lipinski definition) is 7. The molecule has 1 saturated heterocycles. The maximum absolute atomic E-state index is 10.6. The zero-order chi connectivity index (χ0) is 19.3. The van der Waals surface area contributed by atoms with Crippen LogP contribution in [0.5, 0.6) is 5.75 Å². The monoisotopic (exact) mass is 411 g/mol. The first-order chi connectivity index (χ1) is 12.9. The summed E-state index contributed by atoms with van der Waals surface area (Å²) < 4.78 is 7.28. The molecule has 0 unspecified atom stereocenters. The van der Waals surface area contributed by atoms with Gasteiger partial charge in [-0.25, -0.2) is 9.97 Å². The standard InChI is InChI=1S/C17H15Cl2N3O5/c18-9-2-1-7(5-10(9)23)11(24)14-12(25)13(26)17(27-14)22-4-3-8-15(19)20-6-21-16(8)22/h1-6,11-14,17,23-26H/t11-,12+,13-,14-,17-/m1/s1. The minimum Gasteiger partial charge on any atom is -0.506 e. The highest BCUT2D eigenvalue weighted by molar-refractivity contribution is 6.33. The van der Waals surface area contributed by atoms with Crippen molar-refractivity contribution >= 4 is 34.2 Å². The van der Waals surface area contributed by atoms with Gasteiger partial charge in [-0.3, -0.25) is 0 Å². The van der Waals surface area contributed by atoms with E-state index >= 15 is 0 Å². The molecule has 5 atom stereocenters. The van der Waals surface area contributed by atoms with Crippen molar-refractivity contribution < 1.29 is 25.2 Å². The number of fused-ring (bicyclic) bond motifs is 1. The Kier molecular flexibility index (Phi) is 4.71. The summed E-state index contributed by atoms with van der Waals surface area (Å²) in [6.07, 6.45) is -3.25. The van der Waals surface area contributed by atoms with Gasteiger partial charge in [0.1, 0.15) is 47.3 Å². The average molecular weight is 412 g/mol. The Morgan fingerprint density at radius 1 is 1.11 bits per heavy atom.